The van der Waals surface area contributed by atoms with E-state index in [1.165, 1.54) is 0 Å². The summed E-state index contributed by atoms with van der Waals surface area (Å²) in [5.41, 5.74) is 1.65. The van der Waals surface area contributed by atoms with Crippen LogP contribution in [0.3, 0.4) is 0 Å². The molecule has 1 aromatic heterocycles. The average Bonchev–Trinajstić information content (AvgIpc) is 3.39. The number of amides is 1. The third-order valence-corrected chi connectivity index (χ3v) is 4.98. The topological polar surface area (TPSA) is 77.7 Å². The van der Waals surface area contributed by atoms with Crippen LogP contribution in [0, 0.1) is 5.92 Å². The van der Waals surface area contributed by atoms with Gasteiger partial charge in [0.15, 0.2) is 0 Å². The molecule has 1 amide bonds. The fraction of sp³-hybridized carbons (Fsp3) is 0.348. The molecule has 1 saturated heterocycles. The van der Waals surface area contributed by atoms with E-state index in [1.54, 1.807) is 12.0 Å². The van der Waals surface area contributed by atoms with Gasteiger partial charge in [-0.25, -0.2) is 0 Å². The van der Waals surface area contributed by atoms with Crippen LogP contribution >= 0.6 is 0 Å². The molecule has 7 heteroatoms. The molecule has 1 aliphatic rings. The van der Waals surface area contributed by atoms with Gasteiger partial charge in [-0.1, -0.05) is 25.1 Å². The second-order valence-electron chi connectivity index (χ2n) is 7.79. The maximum absolute atomic E-state index is 12.6. The second-order valence-corrected chi connectivity index (χ2v) is 7.79. The lowest BCUT2D eigenvalue weighted by Crippen LogP contribution is -2.24. The number of aromatic nitrogens is 2. The molecule has 1 fully saturated rings. The third kappa shape index (κ3) is 4.30. The van der Waals surface area contributed by atoms with Crippen molar-refractivity contribution in [3.8, 4) is 22.9 Å². The lowest BCUT2D eigenvalue weighted by molar-refractivity contribution is -0.117. The number of methoxy groups -OCH3 is 1. The molecule has 0 aliphatic carbocycles. The Morgan fingerprint density at radius 2 is 1.97 bits per heavy atom. The van der Waals surface area contributed by atoms with Crippen LogP contribution < -0.4 is 14.4 Å². The van der Waals surface area contributed by atoms with Crippen molar-refractivity contribution in [1.82, 2.24) is 10.1 Å². The molecule has 0 radical (unpaired) electrons. The first kappa shape index (κ1) is 19.9. The van der Waals surface area contributed by atoms with Gasteiger partial charge in [-0.05, 0) is 42.3 Å². The Labute approximate surface area is 175 Å². The first-order chi connectivity index (χ1) is 14.5. The zero-order valence-corrected chi connectivity index (χ0v) is 17.4. The Balaban J connectivity index is 1.46. The molecule has 3 aromatic rings. The zero-order valence-electron chi connectivity index (χ0n) is 17.4. The van der Waals surface area contributed by atoms with Gasteiger partial charge in [-0.2, -0.15) is 4.98 Å². The Bertz CT molecular complexity index is 1010. The summed E-state index contributed by atoms with van der Waals surface area (Å²) in [6, 6.07) is 15.1. The molecule has 4 rings (SSSR count). The van der Waals surface area contributed by atoms with Crippen molar-refractivity contribution in [1.29, 1.82) is 0 Å². The molecule has 7 nitrogen and oxygen atoms in total. The second kappa shape index (κ2) is 8.57. The van der Waals surface area contributed by atoms with Gasteiger partial charge in [0.25, 0.3) is 0 Å². The molecule has 0 bridgehead atoms. The van der Waals surface area contributed by atoms with E-state index in [0.29, 0.717) is 43.0 Å². The number of carbonyl (C=O) groups is 1. The number of rotatable bonds is 7. The molecule has 1 unspecified atom stereocenters. The molecule has 0 N–H and O–H groups in total. The highest BCUT2D eigenvalue weighted by Gasteiger charge is 2.35. The zero-order chi connectivity index (χ0) is 21.1. The van der Waals surface area contributed by atoms with Crippen molar-refractivity contribution in [2.45, 2.75) is 26.2 Å². The van der Waals surface area contributed by atoms with E-state index in [2.05, 4.69) is 24.0 Å². The van der Waals surface area contributed by atoms with Crippen molar-refractivity contribution >= 4 is 11.6 Å². The van der Waals surface area contributed by atoms with Crippen LogP contribution in [-0.4, -0.2) is 36.3 Å². The highest BCUT2D eigenvalue weighted by atomic mass is 16.5. The Kier molecular flexibility index (Phi) is 5.70. The maximum atomic E-state index is 12.6. The molecule has 1 atom stereocenters. The van der Waals surface area contributed by atoms with E-state index in [-0.39, 0.29) is 11.8 Å². The summed E-state index contributed by atoms with van der Waals surface area (Å²) in [7, 11) is 1.61. The molecular weight excluding hydrogens is 382 g/mol. The lowest BCUT2D eigenvalue weighted by atomic mass is 10.1. The number of nitrogens with zero attached hydrogens (tertiary/aromatic N) is 3. The van der Waals surface area contributed by atoms with Crippen molar-refractivity contribution in [3.05, 3.63) is 54.4 Å². The average molecular weight is 407 g/mol. The monoisotopic (exact) mass is 407 g/mol. The Morgan fingerprint density at radius 3 is 2.70 bits per heavy atom. The van der Waals surface area contributed by atoms with Crippen LogP contribution in [0.5, 0.6) is 11.5 Å². The van der Waals surface area contributed by atoms with Crippen LogP contribution in [0.15, 0.2) is 53.1 Å². The number of anilines is 1. The summed E-state index contributed by atoms with van der Waals surface area (Å²) in [6.45, 7) is 5.39. The summed E-state index contributed by atoms with van der Waals surface area (Å²) in [5, 5.41) is 4.11. The van der Waals surface area contributed by atoms with Crippen LogP contribution in [0.4, 0.5) is 5.69 Å². The van der Waals surface area contributed by atoms with E-state index < -0.39 is 0 Å². The largest absolute Gasteiger partial charge is 0.497 e. The predicted octanol–water partition coefficient (Wildman–Crippen LogP) is 4.30. The minimum absolute atomic E-state index is 0.0275. The van der Waals surface area contributed by atoms with Crippen molar-refractivity contribution < 1.29 is 18.8 Å². The van der Waals surface area contributed by atoms with E-state index in [1.807, 2.05) is 48.5 Å². The minimum Gasteiger partial charge on any atom is -0.497 e. The fourth-order valence-corrected chi connectivity index (χ4v) is 3.38. The van der Waals surface area contributed by atoms with Gasteiger partial charge in [-0.15, -0.1) is 0 Å². The van der Waals surface area contributed by atoms with Crippen molar-refractivity contribution in [3.63, 3.8) is 0 Å². The highest BCUT2D eigenvalue weighted by Crippen LogP contribution is 2.33. The van der Waals surface area contributed by atoms with Gasteiger partial charge < -0.3 is 18.9 Å². The summed E-state index contributed by atoms with van der Waals surface area (Å²) in [4.78, 5) is 18.8. The first-order valence-corrected chi connectivity index (χ1v) is 10.0. The number of benzene rings is 2. The van der Waals surface area contributed by atoms with Gasteiger partial charge >= 0.3 is 0 Å². The fourth-order valence-electron chi connectivity index (χ4n) is 3.38. The van der Waals surface area contributed by atoms with Crippen LogP contribution in [0.2, 0.25) is 0 Å². The minimum atomic E-state index is -0.140. The van der Waals surface area contributed by atoms with Gasteiger partial charge in [0.2, 0.25) is 17.6 Å². The van der Waals surface area contributed by atoms with Gasteiger partial charge in [0.05, 0.1) is 19.6 Å². The molecule has 2 aromatic carbocycles. The van der Waals surface area contributed by atoms with Gasteiger partial charge in [0, 0.05) is 30.3 Å². The highest BCUT2D eigenvalue weighted by molar-refractivity contribution is 5.96. The van der Waals surface area contributed by atoms with Crippen LogP contribution in [0.25, 0.3) is 11.4 Å². The number of hydrogen-bond donors (Lipinski definition) is 0. The smallest absolute Gasteiger partial charge is 0.232 e. The third-order valence-electron chi connectivity index (χ3n) is 4.98. The molecule has 1 aliphatic heterocycles. The van der Waals surface area contributed by atoms with Crippen molar-refractivity contribution in [2.75, 3.05) is 25.2 Å². The predicted molar refractivity (Wildman–Crippen MR) is 113 cm³/mol. The molecule has 2 heterocycles. The van der Waals surface area contributed by atoms with E-state index in [4.69, 9.17) is 14.0 Å². The lowest BCUT2D eigenvalue weighted by Gasteiger charge is -2.16. The Morgan fingerprint density at radius 1 is 1.17 bits per heavy atom. The van der Waals surface area contributed by atoms with E-state index >= 15 is 0 Å². The summed E-state index contributed by atoms with van der Waals surface area (Å²) < 4.78 is 16.5. The summed E-state index contributed by atoms with van der Waals surface area (Å²) in [5.74, 6) is 2.86. The van der Waals surface area contributed by atoms with Crippen LogP contribution in [0.1, 0.15) is 32.1 Å². The molecule has 156 valence electrons. The molecule has 0 spiro atoms. The van der Waals surface area contributed by atoms with E-state index in [0.717, 1.165) is 17.0 Å². The normalized spacial score (nSPS) is 16.3. The SMILES string of the molecule is COc1cccc(N2CC(c3nc(-c4ccc(OCC(C)C)cc4)no3)CC2=O)c1. The Hall–Kier alpha value is -3.35. The first-order valence-electron chi connectivity index (χ1n) is 10.0. The quantitative estimate of drug-likeness (QED) is 0.581. The van der Waals surface area contributed by atoms with Gasteiger partial charge in [-0.3, -0.25) is 4.79 Å². The maximum Gasteiger partial charge on any atom is 0.232 e. The van der Waals surface area contributed by atoms with E-state index in [9.17, 15) is 4.79 Å². The number of carbonyl (C=O) groups excluding carboxylic acids is 1. The van der Waals surface area contributed by atoms with Crippen LogP contribution in [-0.2, 0) is 4.79 Å². The number of ether oxygens (including phenoxy) is 2. The van der Waals surface area contributed by atoms with Gasteiger partial charge in [0.1, 0.15) is 11.5 Å². The summed E-state index contributed by atoms with van der Waals surface area (Å²) in [6.07, 6.45) is 0.334. The standard InChI is InChI=1S/C23H25N3O4/c1-15(2)14-29-19-9-7-16(8-10-19)22-24-23(30-25-22)17-11-21(27)26(13-17)18-5-4-6-20(12-18)28-3/h4-10,12,15,17H,11,13-14H2,1-3H3. The molecular formula is C23H25N3O4. The summed E-state index contributed by atoms with van der Waals surface area (Å²) >= 11 is 0. The molecule has 30 heavy (non-hydrogen) atoms. The molecule has 0 saturated carbocycles. The van der Waals surface area contributed by atoms with Crippen molar-refractivity contribution in [2.24, 2.45) is 5.92 Å². The number of hydrogen-bond acceptors (Lipinski definition) is 6.